The fourth-order valence-electron chi connectivity index (χ4n) is 0.760. The summed E-state index contributed by atoms with van der Waals surface area (Å²) in [5.74, 6) is 0.0859. The lowest BCUT2D eigenvalue weighted by molar-refractivity contribution is -0.121. The zero-order valence-corrected chi connectivity index (χ0v) is 8.22. The fraction of sp³-hybridized carbons (Fsp3) is 0.889. The molecular weight excluding hydrogens is 154 g/mol. The first-order valence-electron chi connectivity index (χ1n) is 4.52. The van der Waals surface area contributed by atoms with Crippen LogP contribution in [-0.4, -0.2) is 25.7 Å². The first kappa shape index (κ1) is 11.4. The zero-order valence-electron chi connectivity index (χ0n) is 8.22. The molecule has 0 saturated heterocycles. The maximum Gasteiger partial charge on any atom is 0.219 e. The third kappa shape index (κ3) is 6.16. The van der Waals surface area contributed by atoms with Crippen LogP contribution in [0.15, 0.2) is 0 Å². The molecule has 0 rings (SSSR count). The lowest BCUT2D eigenvalue weighted by Crippen LogP contribution is -2.18. The van der Waals surface area contributed by atoms with Crippen LogP contribution in [0, 0.1) is 0 Å². The van der Waals surface area contributed by atoms with Crippen molar-refractivity contribution in [2.24, 2.45) is 0 Å². The van der Waals surface area contributed by atoms with Gasteiger partial charge in [0.25, 0.3) is 0 Å². The highest BCUT2D eigenvalue weighted by Gasteiger charge is 2.00. The molecule has 0 radical (unpaired) electrons. The Morgan fingerprint density at radius 3 is 2.75 bits per heavy atom. The SMILES string of the molecule is CCC(C)OCCCC(=O)NC. The van der Waals surface area contributed by atoms with Gasteiger partial charge in [0.2, 0.25) is 5.91 Å². The standard InChI is InChI=1S/C9H19NO2/c1-4-8(2)12-7-5-6-9(11)10-3/h8H,4-7H2,1-3H3,(H,10,11). The number of rotatable bonds is 6. The molecule has 0 aliphatic heterocycles. The van der Waals surface area contributed by atoms with Crippen LogP contribution in [-0.2, 0) is 9.53 Å². The highest BCUT2D eigenvalue weighted by atomic mass is 16.5. The van der Waals surface area contributed by atoms with Crippen molar-refractivity contribution in [3.05, 3.63) is 0 Å². The normalized spacial score (nSPS) is 12.6. The van der Waals surface area contributed by atoms with E-state index in [-0.39, 0.29) is 5.91 Å². The topological polar surface area (TPSA) is 38.3 Å². The molecule has 3 heteroatoms. The highest BCUT2D eigenvalue weighted by Crippen LogP contribution is 1.98. The molecule has 0 aromatic heterocycles. The molecule has 12 heavy (non-hydrogen) atoms. The summed E-state index contributed by atoms with van der Waals surface area (Å²) in [6, 6.07) is 0. The molecule has 1 unspecified atom stereocenters. The van der Waals surface area contributed by atoms with Crippen molar-refractivity contribution in [1.82, 2.24) is 5.32 Å². The molecule has 0 heterocycles. The van der Waals surface area contributed by atoms with Crippen LogP contribution >= 0.6 is 0 Å². The van der Waals surface area contributed by atoms with E-state index in [1.54, 1.807) is 7.05 Å². The van der Waals surface area contributed by atoms with Gasteiger partial charge in [-0.15, -0.1) is 0 Å². The average Bonchev–Trinajstić information content (AvgIpc) is 2.11. The van der Waals surface area contributed by atoms with Crippen molar-refractivity contribution in [2.75, 3.05) is 13.7 Å². The zero-order chi connectivity index (χ0) is 9.40. The summed E-state index contributed by atoms with van der Waals surface area (Å²) in [6.45, 7) is 4.81. The first-order chi connectivity index (χ1) is 5.70. The fourth-order valence-corrected chi connectivity index (χ4v) is 0.760. The Kier molecular flexibility index (Phi) is 6.76. The van der Waals surface area contributed by atoms with E-state index < -0.39 is 0 Å². The Morgan fingerprint density at radius 1 is 1.58 bits per heavy atom. The quantitative estimate of drug-likeness (QED) is 0.615. The lowest BCUT2D eigenvalue weighted by Gasteiger charge is -2.09. The molecule has 0 bridgehead atoms. The number of ether oxygens (including phenoxy) is 1. The predicted molar refractivity (Wildman–Crippen MR) is 49.0 cm³/mol. The van der Waals surface area contributed by atoms with Crippen molar-refractivity contribution in [3.8, 4) is 0 Å². The predicted octanol–water partition coefficient (Wildman–Crippen LogP) is 1.33. The average molecular weight is 173 g/mol. The van der Waals surface area contributed by atoms with Gasteiger partial charge in [-0.2, -0.15) is 0 Å². The van der Waals surface area contributed by atoms with E-state index in [1.807, 2.05) is 6.92 Å². The van der Waals surface area contributed by atoms with Gasteiger partial charge >= 0.3 is 0 Å². The lowest BCUT2D eigenvalue weighted by atomic mass is 10.3. The Hall–Kier alpha value is -0.570. The van der Waals surface area contributed by atoms with Gasteiger partial charge in [0.15, 0.2) is 0 Å². The van der Waals surface area contributed by atoms with Crippen molar-refractivity contribution >= 4 is 5.91 Å². The summed E-state index contributed by atoms with van der Waals surface area (Å²) < 4.78 is 5.41. The molecule has 0 aromatic rings. The number of hydrogen-bond donors (Lipinski definition) is 1. The largest absolute Gasteiger partial charge is 0.379 e. The summed E-state index contributed by atoms with van der Waals surface area (Å²) in [5.41, 5.74) is 0. The van der Waals surface area contributed by atoms with Crippen LogP contribution < -0.4 is 5.32 Å². The molecule has 0 aromatic carbocycles. The summed E-state index contributed by atoms with van der Waals surface area (Å²) in [4.78, 5) is 10.8. The van der Waals surface area contributed by atoms with Gasteiger partial charge in [-0.25, -0.2) is 0 Å². The van der Waals surface area contributed by atoms with E-state index in [1.165, 1.54) is 0 Å². The van der Waals surface area contributed by atoms with E-state index >= 15 is 0 Å². The Labute approximate surface area is 74.5 Å². The van der Waals surface area contributed by atoms with Crippen molar-refractivity contribution in [2.45, 2.75) is 39.2 Å². The highest BCUT2D eigenvalue weighted by molar-refractivity contribution is 5.75. The summed E-state index contributed by atoms with van der Waals surface area (Å²) in [7, 11) is 1.65. The molecule has 1 N–H and O–H groups in total. The number of carbonyl (C=O) groups is 1. The van der Waals surface area contributed by atoms with Crippen molar-refractivity contribution in [3.63, 3.8) is 0 Å². The minimum atomic E-state index is 0.0859. The molecule has 0 saturated carbocycles. The van der Waals surface area contributed by atoms with Crippen LogP contribution in [0.4, 0.5) is 0 Å². The van der Waals surface area contributed by atoms with Gasteiger partial charge in [-0.3, -0.25) is 4.79 Å². The van der Waals surface area contributed by atoms with Gasteiger partial charge in [0, 0.05) is 20.1 Å². The summed E-state index contributed by atoms with van der Waals surface area (Å²) in [5, 5.41) is 2.57. The molecule has 3 nitrogen and oxygen atoms in total. The Bertz CT molecular complexity index is 126. The number of nitrogens with one attached hydrogen (secondary N) is 1. The number of carbonyl (C=O) groups excluding carboxylic acids is 1. The van der Waals surface area contributed by atoms with Gasteiger partial charge < -0.3 is 10.1 Å². The Morgan fingerprint density at radius 2 is 2.25 bits per heavy atom. The van der Waals surface area contributed by atoms with E-state index in [9.17, 15) is 4.79 Å². The van der Waals surface area contributed by atoms with Crippen molar-refractivity contribution in [1.29, 1.82) is 0 Å². The van der Waals surface area contributed by atoms with Gasteiger partial charge in [0.05, 0.1) is 6.10 Å². The van der Waals surface area contributed by atoms with Crippen LogP contribution in [0.3, 0.4) is 0 Å². The maximum atomic E-state index is 10.8. The minimum Gasteiger partial charge on any atom is -0.379 e. The van der Waals surface area contributed by atoms with Crippen LogP contribution in [0.5, 0.6) is 0 Å². The molecular formula is C9H19NO2. The first-order valence-corrected chi connectivity index (χ1v) is 4.52. The third-order valence-corrected chi connectivity index (χ3v) is 1.80. The smallest absolute Gasteiger partial charge is 0.219 e. The molecule has 1 amide bonds. The van der Waals surface area contributed by atoms with Gasteiger partial charge in [-0.1, -0.05) is 6.92 Å². The summed E-state index contributed by atoms with van der Waals surface area (Å²) in [6.07, 6.45) is 2.71. The second-order valence-electron chi connectivity index (χ2n) is 2.87. The van der Waals surface area contributed by atoms with E-state index in [0.29, 0.717) is 19.1 Å². The second-order valence-corrected chi connectivity index (χ2v) is 2.87. The molecule has 0 aliphatic carbocycles. The van der Waals surface area contributed by atoms with Gasteiger partial charge in [-0.05, 0) is 19.8 Å². The molecule has 0 aliphatic rings. The van der Waals surface area contributed by atoms with Crippen LogP contribution in [0.25, 0.3) is 0 Å². The summed E-state index contributed by atoms with van der Waals surface area (Å²) >= 11 is 0. The Balaban J connectivity index is 3.15. The molecule has 1 atom stereocenters. The third-order valence-electron chi connectivity index (χ3n) is 1.80. The monoisotopic (exact) mass is 173 g/mol. The molecule has 72 valence electrons. The number of hydrogen-bond acceptors (Lipinski definition) is 2. The van der Waals surface area contributed by atoms with E-state index in [4.69, 9.17) is 4.74 Å². The van der Waals surface area contributed by atoms with Crippen LogP contribution in [0.2, 0.25) is 0 Å². The molecule has 0 fully saturated rings. The van der Waals surface area contributed by atoms with Crippen LogP contribution in [0.1, 0.15) is 33.1 Å². The second kappa shape index (κ2) is 7.10. The van der Waals surface area contributed by atoms with Crippen molar-refractivity contribution < 1.29 is 9.53 Å². The minimum absolute atomic E-state index is 0.0859. The van der Waals surface area contributed by atoms with E-state index in [0.717, 1.165) is 12.8 Å². The van der Waals surface area contributed by atoms with E-state index in [2.05, 4.69) is 12.2 Å². The maximum absolute atomic E-state index is 10.8. The molecule has 0 spiro atoms. The van der Waals surface area contributed by atoms with Gasteiger partial charge in [0.1, 0.15) is 0 Å². The number of amides is 1.